The molecule has 2 rings (SSSR count). The average molecular weight is 227 g/mol. The lowest BCUT2D eigenvalue weighted by atomic mass is 10.1. The number of hydrogen-bond acceptors (Lipinski definition) is 3. The van der Waals surface area contributed by atoms with Crippen molar-refractivity contribution in [3.05, 3.63) is 0 Å². The minimum Gasteiger partial charge on any atom is -0.393 e. The Hall–Kier alpha value is -0.610. The summed E-state index contributed by atoms with van der Waals surface area (Å²) in [5, 5.41) is 12.3. The molecule has 1 heterocycles. The summed E-state index contributed by atoms with van der Waals surface area (Å²) in [7, 11) is 0. The molecule has 1 saturated heterocycles. The predicted molar refractivity (Wildman–Crippen MR) is 59.9 cm³/mol. The zero-order chi connectivity index (χ0) is 11.5. The van der Waals surface area contributed by atoms with Crippen molar-refractivity contribution in [3.8, 4) is 0 Å². The zero-order valence-corrected chi connectivity index (χ0v) is 9.82. The first-order chi connectivity index (χ1) is 7.65. The normalized spacial score (nSPS) is 38.9. The molecule has 4 heteroatoms. The number of carbonyl (C=O) groups is 1. The summed E-state index contributed by atoms with van der Waals surface area (Å²) in [5.74, 6) is 0.462. The van der Waals surface area contributed by atoms with Gasteiger partial charge in [-0.3, -0.25) is 4.79 Å². The first-order valence-corrected chi connectivity index (χ1v) is 6.26. The smallest absolute Gasteiger partial charge is 0.249 e. The Bertz CT molecular complexity index is 257. The molecule has 1 aliphatic carbocycles. The fraction of sp³-hybridized carbons (Fsp3) is 0.917. The molecule has 92 valence electrons. The van der Waals surface area contributed by atoms with E-state index in [1.165, 1.54) is 0 Å². The highest BCUT2D eigenvalue weighted by molar-refractivity contribution is 5.81. The van der Waals surface area contributed by atoms with Crippen LogP contribution in [-0.2, 0) is 9.53 Å². The maximum atomic E-state index is 11.7. The van der Waals surface area contributed by atoms with E-state index in [0.717, 1.165) is 32.1 Å². The van der Waals surface area contributed by atoms with Crippen LogP contribution in [0.4, 0.5) is 0 Å². The Morgan fingerprint density at radius 2 is 2.19 bits per heavy atom. The lowest BCUT2D eigenvalue weighted by Crippen LogP contribution is -2.37. The third-order valence-corrected chi connectivity index (χ3v) is 3.60. The highest BCUT2D eigenvalue weighted by Gasteiger charge is 2.29. The summed E-state index contributed by atoms with van der Waals surface area (Å²) in [6.07, 6.45) is 4.32. The second kappa shape index (κ2) is 5.15. The highest BCUT2D eigenvalue weighted by Crippen LogP contribution is 2.25. The molecule has 0 spiro atoms. The van der Waals surface area contributed by atoms with Gasteiger partial charge in [0, 0.05) is 6.54 Å². The van der Waals surface area contributed by atoms with E-state index in [1.807, 2.05) is 6.92 Å². The van der Waals surface area contributed by atoms with Crippen molar-refractivity contribution < 1.29 is 14.6 Å². The van der Waals surface area contributed by atoms with E-state index < -0.39 is 0 Å². The molecule has 16 heavy (non-hydrogen) atoms. The average Bonchev–Trinajstić information content (AvgIpc) is 2.84. The van der Waals surface area contributed by atoms with E-state index >= 15 is 0 Å². The van der Waals surface area contributed by atoms with E-state index in [-0.39, 0.29) is 24.2 Å². The molecule has 1 aliphatic heterocycles. The second-order valence-electron chi connectivity index (χ2n) is 5.09. The zero-order valence-electron chi connectivity index (χ0n) is 9.82. The predicted octanol–water partition coefficient (Wildman–Crippen LogP) is 0.831. The topological polar surface area (TPSA) is 58.6 Å². The number of amides is 1. The monoisotopic (exact) mass is 227 g/mol. The minimum atomic E-state index is -0.249. The van der Waals surface area contributed by atoms with Crippen LogP contribution in [0.5, 0.6) is 0 Å². The van der Waals surface area contributed by atoms with E-state index in [0.29, 0.717) is 12.5 Å². The van der Waals surface area contributed by atoms with Crippen LogP contribution in [-0.4, -0.2) is 35.9 Å². The quantitative estimate of drug-likeness (QED) is 0.751. The maximum Gasteiger partial charge on any atom is 0.249 e. The van der Waals surface area contributed by atoms with Crippen LogP contribution in [0.2, 0.25) is 0 Å². The highest BCUT2D eigenvalue weighted by atomic mass is 16.5. The van der Waals surface area contributed by atoms with Crippen molar-refractivity contribution >= 4 is 5.91 Å². The van der Waals surface area contributed by atoms with Gasteiger partial charge in [-0.15, -0.1) is 0 Å². The number of ether oxygens (including phenoxy) is 1. The van der Waals surface area contributed by atoms with Gasteiger partial charge in [-0.1, -0.05) is 0 Å². The van der Waals surface area contributed by atoms with Gasteiger partial charge in [0.15, 0.2) is 0 Å². The molecule has 4 nitrogen and oxygen atoms in total. The van der Waals surface area contributed by atoms with Gasteiger partial charge >= 0.3 is 0 Å². The second-order valence-corrected chi connectivity index (χ2v) is 5.09. The Labute approximate surface area is 96.4 Å². The van der Waals surface area contributed by atoms with Crippen LogP contribution in [0.25, 0.3) is 0 Å². The van der Waals surface area contributed by atoms with Gasteiger partial charge in [0.05, 0.1) is 12.2 Å². The maximum absolute atomic E-state index is 11.7. The van der Waals surface area contributed by atoms with Gasteiger partial charge in [-0.2, -0.15) is 0 Å². The number of aliphatic hydroxyl groups excluding tert-OH is 1. The summed E-state index contributed by atoms with van der Waals surface area (Å²) >= 11 is 0. The summed E-state index contributed by atoms with van der Waals surface area (Å²) < 4.78 is 5.50. The Morgan fingerprint density at radius 1 is 1.38 bits per heavy atom. The van der Waals surface area contributed by atoms with Crippen LogP contribution < -0.4 is 5.32 Å². The first-order valence-electron chi connectivity index (χ1n) is 6.26. The number of rotatable bonds is 3. The molecule has 0 aromatic heterocycles. The summed E-state index contributed by atoms with van der Waals surface area (Å²) in [6, 6.07) is 0. The van der Waals surface area contributed by atoms with Crippen LogP contribution in [0.1, 0.15) is 39.0 Å². The van der Waals surface area contributed by atoms with E-state index in [9.17, 15) is 9.90 Å². The SMILES string of the molecule is CC1CCC(C(=O)NCC2CCC(O)C2)O1. The molecule has 0 bridgehead atoms. The molecule has 0 aromatic carbocycles. The van der Waals surface area contributed by atoms with Gasteiger partial charge < -0.3 is 15.2 Å². The van der Waals surface area contributed by atoms with Crippen molar-refractivity contribution in [2.45, 2.75) is 57.3 Å². The largest absolute Gasteiger partial charge is 0.393 e. The van der Waals surface area contributed by atoms with Gasteiger partial charge in [0.25, 0.3) is 0 Å². The number of aliphatic hydroxyl groups is 1. The Morgan fingerprint density at radius 3 is 2.75 bits per heavy atom. The molecule has 0 aromatic rings. The van der Waals surface area contributed by atoms with E-state index in [2.05, 4.69) is 5.32 Å². The van der Waals surface area contributed by atoms with E-state index in [4.69, 9.17) is 4.74 Å². The fourth-order valence-electron chi connectivity index (χ4n) is 2.59. The summed E-state index contributed by atoms with van der Waals surface area (Å²) in [6.45, 7) is 2.69. The van der Waals surface area contributed by atoms with Crippen LogP contribution in [0.15, 0.2) is 0 Å². The van der Waals surface area contributed by atoms with Crippen molar-refractivity contribution in [3.63, 3.8) is 0 Å². The Balaban J connectivity index is 1.68. The molecule has 1 saturated carbocycles. The summed E-state index contributed by atoms with van der Waals surface area (Å²) in [4.78, 5) is 11.7. The van der Waals surface area contributed by atoms with Gasteiger partial charge in [0.2, 0.25) is 5.91 Å². The summed E-state index contributed by atoms with van der Waals surface area (Å²) in [5.41, 5.74) is 0. The molecule has 4 atom stereocenters. The number of nitrogens with one attached hydrogen (secondary N) is 1. The lowest BCUT2D eigenvalue weighted by molar-refractivity contribution is -0.131. The van der Waals surface area contributed by atoms with Crippen molar-refractivity contribution in [1.82, 2.24) is 5.32 Å². The lowest BCUT2D eigenvalue weighted by Gasteiger charge is -2.14. The molecule has 2 fully saturated rings. The number of hydrogen-bond donors (Lipinski definition) is 2. The first kappa shape index (κ1) is 11.9. The third-order valence-electron chi connectivity index (χ3n) is 3.60. The molecule has 2 N–H and O–H groups in total. The molecular formula is C12H21NO3. The van der Waals surface area contributed by atoms with Crippen LogP contribution >= 0.6 is 0 Å². The number of carbonyl (C=O) groups excluding carboxylic acids is 1. The van der Waals surface area contributed by atoms with Crippen molar-refractivity contribution in [1.29, 1.82) is 0 Å². The van der Waals surface area contributed by atoms with Crippen LogP contribution in [0.3, 0.4) is 0 Å². The van der Waals surface area contributed by atoms with E-state index in [1.54, 1.807) is 0 Å². The van der Waals surface area contributed by atoms with Crippen molar-refractivity contribution in [2.75, 3.05) is 6.54 Å². The van der Waals surface area contributed by atoms with Crippen LogP contribution in [0, 0.1) is 5.92 Å². The van der Waals surface area contributed by atoms with Gasteiger partial charge in [-0.25, -0.2) is 0 Å². The molecule has 2 aliphatic rings. The van der Waals surface area contributed by atoms with Gasteiger partial charge in [-0.05, 0) is 44.9 Å². The van der Waals surface area contributed by atoms with Gasteiger partial charge in [0.1, 0.15) is 6.10 Å². The molecule has 0 radical (unpaired) electrons. The molecule has 1 amide bonds. The fourth-order valence-corrected chi connectivity index (χ4v) is 2.59. The standard InChI is InChI=1S/C12H21NO3/c1-8-2-5-11(16-8)12(15)13-7-9-3-4-10(14)6-9/h8-11,14H,2-7H2,1H3,(H,13,15). The Kier molecular flexibility index (Phi) is 3.82. The van der Waals surface area contributed by atoms with Crippen molar-refractivity contribution in [2.24, 2.45) is 5.92 Å². The molecular weight excluding hydrogens is 206 g/mol. The molecule has 4 unspecified atom stereocenters. The minimum absolute atomic E-state index is 0.0192. The third kappa shape index (κ3) is 2.95.